The largest absolute Gasteiger partial charge is 0.456 e. The maximum Gasteiger partial charge on any atom is 0.164 e. The lowest BCUT2D eigenvalue weighted by molar-refractivity contribution is 0.669. The first kappa shape index (κ1) is 34.3. The molecule has 4 heteroatoms. The molecule has 0 amide bonds. The van der Waals surface area contributed by atoms with Gasteiger partial charge in [0.25, 0.3) is 0 Å². The molecule has 0 aliphatic heterocycles. The summed E-state index contributed by atoms with van der Waals surface area (Å²) in [5.74, 6) is 1.81. The Bertz CT molecular complexity index is 3250. The highest BCUT2D eigenvalue weighted by molar-refractivity contribution is 6.13. The highest BCUT2D eigenvalue weighted by atomic mass is 16.3. The predicted molar refractivity (Wildman–Crippen MR) is 243 cm³/mol. The van der Waals surface area contributed by atoms with E-state index in [0.29, 0.717) is 17.5 Å². The Morgan fingerprint density at radius 2 is 0.746 bits per heavy atom. The first-order valence-corrected chi connectivity index (χ1v) is 19.8. The molecular formula is C55H35N3O. The Morgan fingerprint density at radius 1 is 0.254 bits per heavy atom. The first-order chi connectivity index (χ1) is 29.2. The lowest BCUT2D eigenvalue weighted by atomic mass is 9.91. The van der Waals surface area contributed by atoms with Crippen molar-refractivity contribution in [3.8, 4) is 78.7 Å². The van der Waals surface area contributed by atoms with Gasteiger partial charge in [-0.15, -0.1) is 0 Å². The smallest absolute Gasteiger partial charge is 0.164 e. The molecule has 0 N–H and O–H groups in total. The Hall–Kier alpha value is -7.95. The third kappa shape index (κ3) is 6.34. The van der Waals surface area contributed by atoms with Crippen molar-refractivity contribution in [1.29, 1.82) is 0 Å². The fourth-order valence-electron chi connectivity index (χ4n) is 8.30. The van der Waals surface area contributed by atoms with Crippen LogP contribution < -0.4 is 0 Å². The van der Waals surface area contributed by atoms with Crippen LogP contribution in [0.1, 0.15) is 0 Å². The van der Waals surface area contributed by atoms with Gasteiger partial charge in [0.05, 0.1) is 0 Å². The second-order valence-electron chi connectivity index (χ2n) is 14.8. The Labute approximate surface area is 341 Å². The van der Waals surface area contributed by atoms with Gasteiger partial charge < -0.3 is 4.42 Å². The molecule has 0 aliphatic carbocycles. The van der Waals surface area contributed by atoms with Crippen LogP contribution in [0.2, 0.25) is 0 Å². The topological polar surface area (TPSA) is 51.8 Å². The van der Waals surface area contributed by atoms with Gasteiger partial charge in [0.2, 0.25) is 0 Å². The standard InChI is InChI=1S/C55H35N3O/c1-5-16-36(17-6-1)41-32-42(37-18-7-2-8-19-37)34-43(33-41)45-25-15-29-50-52(45)49-31-30-40(35-51(49)59-50)54-56-53(39-22-11-4-12-23-39)57-55(58-54)48-28-14-26-46-44(24-13-27-47(46)48)38-20-9-3-10-21-38/h1-35H. The number of benzene rings is 9. The molecule has 11 aromatic rings. The van der Waals surface area contributed by atoms with Gasteiger partial charge in [0.1, 0.15) is 11.2 Å². The third-order valence-corrected chi connectivity index (χ3v) is 11.1. The summed E-state index contributed by atoms with van der Waals surface area (Å²) >= 11 is 0. The number of nitrogens with zero attached hydrogens (tertiary/aromatic N) is 3. The second kappa shape index (κ2) is 14.5. The summed E-state index contributed by atoms with van der Waals surface area (Å²) in [6.07, 6.45) is 0. The van der Waals surface area contributed by atoms with Crippen LogP contribution in [0.4, 0.5) is 0 Å². The maximum atomic E-state index is 6.68. The highest BCUT2D eigenvalue weighted by Crippen LogP contribution is 2.41. The zero-order valence-electron chi connectivity index (χ0n) is 32.0. The van der Waals surface area contributed by atoms with Crippen molar-refractivity contribution >= 4 is 32.7 Å². The number of rotatable bonds is 7. The predicted octanol–water partition coefficient (Wildman–Crippen LogP) is 14.6. The van der Waals surface area contributed by atoms with E-state index >= 15 is 0 Å². The average Bonchev–Trinajstić information content (AvgIpc) is 3.70. The van der Waals surface area contributed by atoms with Crippen molar-refractivity contribution in [2.75, 3.05) is 0 Å². The Kier molecular flexibility index (Phi) is 8.45. The van der Waals surface area contributed by atoms with Gasteiger partial charge in [-0.25, -0.2) is 15.0 Å². The van der Waals surface area contributed by atoms with E-state index in [1.807, 2.05) is 36.4 Å². The van der Waals surface area contributed by atoms with Crippen molar-refractivity contribution in [2.24, 2.45) is 0 Å². The van der Waals surface area contributed by atoms with Crippen LogP contribution in [0.25, 0.3) is 111 Å². The van der Waals surface area contributed by atoms with Gasteiger partial charge in [-0.2, -0.15) is 0 Å². The minimum Gasteiger partial charge on any atom is -0.456 e. The zero-order chi connectivity index (χ0) is 39.1. The maximum absolute atomic E-state index is 6.68. The van der Waals surface area contributed by atoms with E-state index in [0.717, 1.165) is 71.7 Å². The van der Waals surface area contributed by atoms with Crippen molar-refractivity contribution in [2.45, 2.75) is 0 Å². The molecule has 0 radical (unpaired) electrons. The molecule has 0 fully saturated rings. The number of hydrogen-bond donors (Lipinski definition) is 0. The quantitative estimate of drug-likeness (QED) is 0.163. The van der Waals surface area contributed by atoms with Gasteiger partial charge >= 0.3 is 0 Å². The summed E-state index contributed by atoms with van der Waals surface area (Å²) in [5.41, 5.74) is 13.6. The van der Waals surface area contributed by atoms with Crippen LogP contribution in [-0.4, -0.2) is 15.0 Å². The Balaban J connectivity index is 1.07. The van der Waals surface area contributed by atoms with Gasteiger partial charge in [0.15, 0.2) is 17.5 Å². The van der Waals surface area contributed by atoms with E-state index in [1.54, 1.807) is 0 Å². The second-order valence-corrected chi connectivity index (χ2v) is 14.8. The molecule has 0 unspecified atom stereocenters. The summed E-state index contributed by atoms with van der Waals surface area (Å²) in [7, 11) is 0. The molecule has 11 rings (SSSR count). The first-order valence-electron chi connectivity index (χ1n) is 19.8. The zero-order valence-corrected chi connectivity index (χ0v) is 32.0. The van der Waals surface area contributed by atoms with E-state index < -0.39 is 0 Å². The van der Waals surface area contributed by atoms with E-state index in [-0.39, 0.29) is 0 Å². The minimum atomic E-state index is 0.579. The van der Waals surface area contributed by atoms with Crippen LogP contribution in [0.5, 0.6) is 0 Å². The van der Waals surface area contributed by atoms with Gasteiger partial charge in [-0.1, -0.05) is 176 Å². The summed E-state index contributed by atoms with van der Waals surface area (Å²) < 4.78 is 6.68. The van der Waals surface area contributed by atoms with Crippen molar-refractivity contribution in [1.82, 2.24) is 15.0 Å². The van der Waals surface area contributed by atoms with Crippen LogP contribution in [0, 0.1) is 0 Å². The van der Waals surface area contributed by atoms with E-state index in [4.69, 9.17) is 19.4 Å². The molecular weight excluding hydrogens is 719 g/mol. The normalized spacial score (nSPS) is 11.4. The fourth-order valence-corrected chi connectivity index (χ4v) is 8.30. The molecule has 0 saturated heterocycles. The number of aromatic nitrogens is 3. The Morgan fingerprint density at radius 3 is 1.39 bits per heavy atom. The SMILES string of the molecule is c1ccc(-c2cc(-c3ccccc3)cc(-c3cccc4oc5cc(-c6nc(-c7ccccc7)nc(-c7cccc8c(-c9ccccc9)cccc78)n6)ccc5c34)c2)cc1. The number of hydrogen-bond acceptors (Lipinski definition) is 4. The summed E-state index contributed by atoms with van der Waals surface area (Å²) in [6, 6.07) is 74.1. The van der Waals surface area contributed by atoms with Crippen molar-refractivity contribution < 1.29 is 4.42 Å². The van der Waals surface area contributed by atoms with Gasteiger partial charge in [0, 0.05) is 27.5 Å². The van der Waals surface area contributed by atoms with E-state index in [1.165, 1.54) is 22.3 Å². The summed E-state index contributed by atoms with van der Waals surface area (Å²) in [4.78, 5) is 15.4. The third-order valence-electron chi connectivity index (χ3n) is 11.1. The molecule has 276 valence electrons. The summed E-state index contributed by atoms with van der Waals surface area (Å²) in [6.45, 7) is 0. The molecule has 0 atom stereocenters. The molecule has 4 nitrogen and oxygen atoms in total. The van der Waals surface area contributed by atoms with Crippen molar-refractivity contribution in [3.63, 3.8) is 0 Å². The monoisotopic (exact) mass is 753 g/mol. The van der Waals surface area contributed by atoms with Gasteiger partial charge in [-0.05, 0) is 91.7 Å². The van der Waals surface area contributed by atoms with Crippen LogP contribution in [0.3, 0.4) is 0 Å². The van der Waals surface area contributed by atoms with E-state index in [9.17, 15) is 0 Å². The molecule has 0 saturated carbocycles. The molecule has 0 spiro atoms. The number of fused-ring (bicyclic) bond motifs is 4. The molecule has 0 bridgehead atoms. The molecule has 9 aromatic carbocycles. The number of furan rings is 1. The van der Waals surface area contributed by atoms with E-state index in [2.05, 4.69) is 176 Å². The van der Waals surface area contributed by atoms with Crippen molar-refractivity contribution in [3.05, 3.63) is 212 Å². The van der Waals surface area contributed by atoms with Crippen LogP contribution in [0.15, 0.2) is 217 Å². The minimum absolute atomic E-state index is 0.579. The van der Waals surface area contributed by atoms with Crippen LogP contribution in [-0.2, 0) is 0 Å². The molecule has 0 aliphatic rings. The lowest BCUT2D eigenvalue weighted by Gasteiger charge is -2.12. The fraction of sp³-hybridized carbons (Fsp3) is 0. The lowest BCUT2D eigenvalue weighted by Crippen LogP contribution is -2.00. The molecule has 2 heterocycles. The van der Waals surface area contributed by atoms with Gasteiger partial charge in [-0.3, -0.25) is 0 Å². The molecule has 2 aromatic heterocycles. The van der Waals surface area contributed by atoms with Crippen LogP contribution >= 0.6 is 0 Å². The average molecular weight is 754 g/mol. The summed E-state index contributed by atoms with van der Waals surface area (Å²) in [5, 5.41) is 4.33. The molecule has 59 heavy (non-hydrogen) atoms. The highest BCUT2D eigenvalue weighted by Gasteiger charge is 2.19.